The molecule has 2 atom stereocenters. The van der Waals surface area contributed by atoms with E-state index in [0.717, 1.165) is 12.1 Å². The zero-order valence-electron chi connectivity index (χ0n) is 9.98. The third kappa shape index (κ3) is 3.93. The van der Waals surface area contributed by atoms with Crippen molar-refractivity contribution in [3.8, 4) is 0 Å². The van der Waals surface area contributed by atoms with Gasteiger partial charge in [-0.3, -0.25) is 0 Å². The first kappa shape index (κ1) is 13.2. The molecule has 0 radical (unpaired) electrons. The average molecular weight is 223 g/mol. The molecule has 16 heavy (non-hydrogen) atoms. The smallest absolute Gasteiger partial charge is 0.0681 e. The van der Waals surface area contributed by atoms with Crippen molar-refractivity contribution in [2.75, 3.05) is 6.61 Å². The van der Waals surface area contributed by atoms with Crippen molar-refractivity contribution >= 4 is 0 Å². The standard InChI is InChI=1S/C13H21NO2/c1-10(8-15)11(2)14-7-12-3-5-13(9-16)6-4-12/h3-6,10-11,14-16H,7-9H2,1-2H3. The lowest BCUT2D eigenvalue weighted by Gasteiger charge is -2.19. The monoisotopic (exact) mass is 223 g/mol. The van der Waals surface area contributed by atoms with Crippen molar-refractivity contribution in [2.45, 2.75) is 33.0 Å². The van der Waals surface area contributed by atoms with Crippen LogP contribution in [0.2, 0.25) is 0 Å². The van der Waals surface area contributed by atoms with Crippen LogP contribution in [0.15, 0.2) is 24.3 Å². The molecule has 0 fully saturated rings. The molecule has 0 bridgehead atoms. The molecule has 2 unspecified atom stereocenters. The number of aliphatic hydroxyl groups is 2. The molecule has 0 amide bonds. The molecule has 0 aromatic heterocycles. The van der Waals surface area contributed by atoms with Crippen LogP contribution in [0.3, 0.4) is 0 Å². The van der Waals surface area contributed by atoms with Crippen LogP contribution in [0.25, 0.3) is 0 Å². The summed E-state index contributed by atoms with van der Waals surface area (Å²) in [7, 11) is 0. The SMILES string of the molecule is CC(CO)C(C)NCc1ccc(CO)cc1. The lowest BCUT2D eigenvalue weighted by Crippen LogP contribution is -2.33. The van der Waals surface area contributed by atoms with Gasteiger partial charge in [0, 0.05) is 19.2 Å². The maximum Gasteiger partial charge on any atom is 0.0681 e. The fourth-order valence-corrected chi connectivity index (χ4v) is 1.40. The van der Waals surface area contributed by atoms with Gasteiger partial charge in [-0.2, -0.15) is 0 Å². The molecule has 0 saturated heterocycles. The lowest BCUT2D eigenvalue weighted by atomic mass is 10.0. The van der Waals surface area contributed by atoms with Crippen LogP contribution in [0.4, 0.5) is 0 Å². The number of rotatable bonds is 6. The fraction of sp³-hybridized carbons (Fsp3) is 0.538. The van der Waals surface area contributed by atoms with E-state index in [1.54, 1.807) is 0 Å². The zero-order chi connectivity index (χ0) is 12.0. The molecule has 0 aliphatic carbocycles. The molecular weight excluding hydrogens is 202 g/mol. The summed E-state index contributed by atoms with van der Waals surface area (Å²) in [4.78, 5) is 0. The van der Waals surface area contributed by atoms with Crippen molar-refractivity contribution < 1.29 is 10.2 Å². The van der Waals surface area contributed by atoms with Crippen molar-refractivity contribution in [1.29, 1.82) is 0 Å². The van der Waals surface area contributed by atoms with Gasteiger partial charge < -0.3 is 15.5 Å². The molecule has 3 nitrogen and oxygen atoms in total. The van der Waals surface area contributed by atoms with E-state index in [9.17, 15) is 0 Å². The van der Waals surface area contributed by atoms with E-state index in [1.807, 2.05) is 31.2 Å². The van der Waals surface area contributed by atoms with Crippen LogP contribution in [-0.4, -0.2) is 22.9 Å². The van der Waals surface area contributed by atoms with E-state index in [1.165, 1.54) is 5.56 Å². The van der Waals surface area contributed by atoms with E-state index in [-0.39, 0.29) is 19.1 Å². The van der Waals surface area contributed by atoms with Gasteiger partial charge in [0.25, 0.3) is 0 Å². The molecular formula is C13H21NO2. The second-order valence-corrected chi connectivity index (χ2v) is 4.30. The minimum Gasteiger partial charge on any atom is -0.396 e. The second-order valence-electron chi connectivity index (χ2n) is 4.30. The molecule has 1 rings (SSSR count). The van der Waals surface area contributed by atoms with Gasteiger partial charge in [-0.15, -0.1) is 0 Å². The van der Waals surface area contributed by atoms with Gasteiger partial charge in [-0.25, -0.2) is 0 Å². The molecule has 3 heteroatoms. The van der Waals surface area contributed by atoms with Gasteiger partial charge in [-0.05, 0) is 24.0 Å². The molecule has 90 valence electrons. The Labute approximate surface area is 97.1 Å². The highest BCUT2D eigenvalue weighted by molar-refractivity contribution is 5.21. The molecule has 0 aliphatic rings. The first-order valence-corrected chi connectivity index (χ1v) is 5.70. The van der Waals surface area contributed by atoms with E-state index in [4.69, 9.17) is 10.2 Å². The second kappa shape index (κ2) is 6.63. The van der Waals surface area contributed by atoms with Gasteiger partial charge in [0.15, 0.2) is 0 Å². The topological polar surface area (TPSA) is 52.5 Å². The van der Waals surface area contributed by atoms with Crippen molar-refractivity contribution in [3.63, 3.8) is 0 Å². The summed E-state index contributed by atoms with van der Waals surface area (Å²) < 4.78 is 0. The molecule has 0 aliphatic heterocycles. The Morgan fingerprint density at radius 1 is 1.06 bits per heavy atom. The van der Waals surface area contributed by atoms with E-state index >= 15 is 0 Å². The number of benzene rings is 1. The number of hydrogen-bond donors (Lipinski definition) is 3. The summed E-state index contributed by atoms with van der Waals surface area (Å²) in [6.07, 6.45) is 0. The quantitative estimate of drug-likeness (QED) is 0.681. The highest BCUT2D eigenvalue weighted by atomic mass is 16.3. The summed E-state index contributed by atoms with van der Waals surface area (Å²) >= 11 is 0. The number of hydrogen-bond acceptors (Lipinski definition) is 3. The lowest BCUT2D eigenvalue weighted by molar-refractivity contribution is 0.207. The number of aliphatic hydroxyl groups excluding tert-OH is 2. The van der Waals surface area contributed by atoms with Gasteiger partial charge in [0.1, 0.15) is 0 Å². The van der Waals surface area contributed by atoms with Crippen molar-refractivity contribution in [2.24, 2.45) is 5.92 Å². The first-order chi connectivity index (χ1) is 7.67. The fourth-order valence-electron chi connectivity index (χ4n) is 1.40. The molecule has 3 N–H and O–H groups in total. The largest absolute Gasteiger partial charge is 0.396 e. The maximum absolute atomic E-state index is 9.00. The Bertz CT molecular complexity index is 297. The highest BCUT2D eigenvalue weighted by Crippen LogP contribution is 2.06. The molecule has 1 aromatic rings. The summed E-state index contributed by atoms with van der Waals surface area (Å²) in [5, 5.41) is 21.3. The van der Waals surface area contributed by atoms with Gasteiger partial charge >= 0.3 is 0 Å². The first-order valence-electron chi connectivity index (χ1n) is 5.70. The van der Waals surface area contributed by atoms with Gasteiger partial charge in [0.05, 0.1) is 6.61 Å². The van der Waals surface area contributed by atoms with Crippen LogP contribution in [0.1, 0.15) is 25.0 Å². The maximum atomic E-state index is 9.00. The number of nitrogens with one attached hydrogen (secondary N) is 1. The Hall–Kier alpha value is -0.900. The predicted molar refractivity (Wildman–Crippen MR) is 64.9 cm³/mol. The summed E-state index contributed by atoms with van der Waals surface area (Å²) in [5.41, 5.74) is 2.12. The van der Waals surface area contributed by atoms with Crippen molar-refractivity contribution in [3.05, 3.63) is 35.4 Å². The Morgan fingerprint density at radius 3 is 2.12 bits per heavy atom. The van der Waals surface area contributed by atoms with Crippen molar-refractivity contribution in [1.82, 2.24) is 5.32 Å². The van der Waals surface area contributed by atoms with Crippen LogP contribution >= 0.6 is 0 Å². The third-order valence-electron chi connectivity index (χ3n) is 2.98. The molecule has 0 spiro atoms. The minimum atomic E-state index is 0.0889. The van der Waals surface area contributed by atoms with Crippen LogP contribution < -0.4 is 5.32 Å². The zero-order valence-corrected chi connectivity index (χ0v) is 9.98. The minimum absolute atomic E-state index is 0.0889. The Morgan fingerprint density at radius 2 is 1.62 bits per heavy atom. The molecule has 0 heterocycles. The Kier molecular flexibility index (Phi) is 5.46. The van der Waals surface area contributed by atoms with Crippen LogP contribution in [-0.2, 0) is 13.2 Å². The predicted octanol–water partition coefficient (Wildman–Crippen LogP) is 1.29. The highest BCUT2D eigenvalue weighted by Gasteiger charge is 2.09. The summed E-state index contributed by atoms with van der Waals surface area (Å²) in [5.74, 6) is 0.261. The van der Waals surface area contributed by atoms with E-state index < -0.39 is 0 Å². The van der Waals surface area contributed by atoms with Gasteiger partial charge in [0.2, 0.25) is 0 Å². The third-order valence-corrected chi connectivity index (χ3v) is 2.98. The van der Waals surface area contributed by atoms with E-state index in [2.05, 4.69) is 12.2 Å². The average Bonchev–Trinajstić information content (AvgIpc) is 2.35. The summed E-state index contributed by atoms with van der Waals surface area (Å²) in [6.45, 7) is 5.18. The normalized spacial score (nSPS) is 14.8. The van der Waals surface area contributed by atoms with Gasteiger partial charge in [-0.1, -0.05) is 31.2 Å². The Balaban J connectivity index is 2.42. The van der Waals surface area contributed by atoms with Crippen LogP contribution in [0.5, 0.6) is 0 Å². The van der Waals surface area contributed by atoms with Crippen LogP contribution in [0, 0.1) is 5.92 Å². The molecule has 0 saturated carbocycles. The molecule has 1 aromatic carbocycles. The van der Waals surface area contributed by atoms with E-state index in [0.29, 0.717) is 6.04 Å². The summed E-state index contributed by atoms with van der Waals surface area (Å²) in [6, 6.07) is 8.17.